The van der Waals surface area contributed by atoms with Gasteiger partial charge in [-0.2, -0.15) is 0 Å². The second-order valence-corrected chi connectivity index (χ2v) is 3.25. The summed E-state index contributed by atoms with van der Waals surface area (Å²) in [5.74, 6) is 2.41. The maximum absolute atomic E-state index is 10.9. The minimum atomic E-state index is -0.740. The molecule has 0 saturated heterocycles. The van der Waals surface area contributed by atoms with E-state index in [4.69, 9.17) is 11.2 Å². The van der Waals surface area contributed by atoms with E-state index >= 15 is 0 Å². The van der Waals surface area contributed by atoms with Crippen molar-refractivity contribution < 1.29 is 14.3 Å². The van der Waals surface area contributed by atoms with Gasteiger partial charge < -0.3 is 9.47 Å². The Morgan fingerprint density at radius 2 is 2.12 bits per heavy atom. The number of hydrogen-bond donors (Lipinski definition) is 0. The largest absolute Gasteiger partial charge is 0.509 e. The van der Waals surface area contributed by atoms with Gasteiger partial charge in [-0.25, -0.2) is 4.79 Å². The lowest BCUT2D eigenvalue weighted by Crippen LogP contribution is -2.17. The van der Waals surface area contributed by atoms with Gasteiger partial charge in [0.25, 0.3) is 0 Å². The van der Waals surface area contributed by atoms with Crippen LogP contribution in [0.5, 0.6) is 0 Å². The van der Waals surface area contributed by atoms with E-state index in [-0.39, 0.29) is 0 Å². The van der Waals surface area contributed by atoms with Crippen LogP contribution in [0.4, 0.5) is 4.79 Å². The van der Waals surface area contributed by atoms with Gasteiger partial charge in [-0.1, -0.05) is 36.3 Å². The van der Waals surface area contributed by atoms with E-state index < -0.39 is 12.3 Å². The maximum atomic E-state index is 10.9. The summed E-state index contributed by atoms with van der Waals surface area (Å²) in [6.45, 7) is 0. The summed E-state index contributed by atoms with van der Waals surface area (Å²) in [7, 11) is 1.26. The van der Waals surface area contributed by atoms with Crippen LogP contribution < -0.4 is 0 Å². The van der Waals surface area contributed by atoms with E-state index in [0.29, 0.717) is 6.42 Å². The van der Waals surface area contributed by atoms with E-state index in [9.17, 15) is 4.79 Å². The number of hydrogen-bond acceptors (Lipinski definition) is 3. The van der Waals surface area contributed by atoms with Gasteiger partial charge in [-0.05, 0) is 12.0 Å². The molecule has 0 aliphatic rings. The number of terminal acetylenes is 1. The monoisotopic (exact) mass is 218 g/mol. The Hall–Kier alpha value is -1.95. The van der Waals surface area contributed by atoms with Crippen molar-refractivity contribution in [2.45, 2.75) is 18.9 Å². The average molecular weight is 218 g/mol. The number of aryl methyl sites for hydroxylation is 1. The fraction of sp³-hybridized carbons (Fsp3) is 0.308. The molecule has 1 rings (SSSR count). The Morgan fingerprint density at radius 3 is 2.69 bits per heavy atom. The molecule has 0 heterocycles. The van der Waals surface area contributed by atoms with Gasteiger partial charge in [0.05, 0.1) is 7.11 Å². The second kappa shape index (κ2) is 6.52. The molecule has 0 amide bonds. The Bertz CT molecular complexity index is 365. The first-order valence-corrected chi connectivity index (χ1v) is 5.01. The van der Waals surface area contributed by atoms with Crippen LogP contribution in [0.1, 0.15) is 12.0 Å². The van der Waals surface area contributed by atoms with Crippen molar-refractivity contribution in [3.63, 3.8) is 0 Å². The van der Waals surface area contributed by atoms with Crippen molar-refractivity contribution >= 4 is 6.16 Å². The molecule has 0 saturated carbocycles. The first-order valence-electron chi connectivity index (χ1n) is 5.01. The Labute approximate surface area is 95.4 Å². The van der Waals surface area contributed by atoms with Gasteiger partial charge in [0.15, 0.2) is 6.10 Å². The zero-order valence-electron chi connectivity index (χ0n) is 9.18. The van der Waals surface area contributed by atoms with Crippen LogP contribution in [0.2, 0.25) is 0 Å². The number of rotatable bonds is 4. The SMILES string of the molecule is C#C[C@@H](CCc1ccccc1)OC(=O)OC. The molecule has 0 bridgehead atoms. The molecule has 0 fully saturated rings. The molecule has 3 nitrogen and oxygen atoms in total. The Morgan fingerprint density at radius 1 is 1.44 bits per heavy atom. The quantitative estimate of drug-likeness (QED) is 0.575. The Kier molecular flexibility index (Phi) is 4.94. The van der Waals surface area contributed by atoms with E-state index in [2.05, 4.69) is 10.7 Å². The van der Waals surface area contributed by atoms with Gasteiger partial charge in [0.2, 0.25) is 0 Å². The summed E-state index contributed by atoms with van der Waals surface area (Å²) >= 11 is 0. The second-order valence-electron chi connectivity index (χ2n) is 3.25. The summed E-state index contributed by atoms with van der Waals surface area (Å²) in [5, 5.41) is 0. The molecule has 16 heavy (non-hydrogen) atoms. The third-order valence-electron chi connectivity index (χ3n) is 2.13. The van der Waals surface area contributed by atoms with Crippen LogP contribution in [-0.4, -0.2) is 19.4 Å². The van der Waals surface area contributed by atoms with Crippen molar-refractivity contribution in [3.8, 4) is 12.3 Å². The Balaban J connectivity index is 2.41. The van der Waals surface area contributed by atoms with Gasteiger partial charge >= 0.3 is 6.16 Å². The number of carbonyl (C=O) groups is 1. The number of methoxy groups -OCH3 is 1. The molecule has 0 aliphatic carbocycles. The van der Waals surface area contributed by atoms with Crippen LogP contribution in [0.15, 0.2) is 30.3 Å². The zero-order chi connectivity index (χ0) is 11.8. The average Bonchev–Trinajstić information content (AvgIpc) is 2.35. The van der Waals surface area contributed by atoms with Crippen LogP contribution in [0.3, 0.4) is 0 Å². The predicted molar refractivity (Wildman–Crippen MR) is 60.9 cm³/mol. The molecule has 3 heteroatoms. The van der Waals surface area contributed by atoms with Crippen LogP contribution in [-0.2, 0) is 15.9 Å². The van der Waals surface area contributed by atoms with Crippen LogP contribution in [0, 0.1) is 12.3 Å². The standard InChI is InChI=1S/C13H14O3/c1-3-12(16-13(14)15-2)10-9-11-7-5-4-6-8-11/h1,4-8,12H,9-10H2,2H3/t12-/m0/s1. The van der Waals surface area contributed by atoms with Crippen molar-refractivity contribution in [2.24, 2.45) is 0 Å². The predicted octanol–water partition coefficient (Wildman–Crippen LogP) is 2.40. The minimum Gasteiger partial charge on any atom is -0.438 e. The maximum Gasteiger partial charge on any atom is 0.509 e. The lowest BCUT2D eigenvalue weighted by Gasteiger charge is -2.10. The molecule has 0 spiro atoms. The highest BCUT2D eigenvalue weighted by molar-refractivity contribution is 5.60. The van der Waals surface area contributed by atoms with Gasteiger partial charge in [0, 0.05) is 6.42 Å². The van der Waals surface area contributed by atoms with Gasteiger partial charge in [-0.15, -0.1) is 6.42 Å². The van der Waals surface area contributed by atoms with Crippen LogP contribution >= 0.6 is 0 Å². The smallest absolute Gasteiger partial charge is 0.438 e. The first kappa shape index (κ1) is 12.1. The molecule has 0 radical (unpaired) electrons. The molecule has 0 N–H and O–H groups in total. The van der Waals surface area contributed by atoms with E-state index in [1.165, 1.54) is 7.11 Å². The van der Waals surface area contributed by atoms with Crippen LogP contribution in [0.25, 0.3) is 0 Å². The minimum absolute atomic E-state index is 0.535. The number of benzene rings is 1. The fourth-order valence-corrected chi connectivity index (χ4v) is 1.28. The van der Waals surface area contributed by atoms with Crippen molar-refractivity contribution in [3.05, 3.63) is 35.9 Å². The third kappa shape index (κ3) is 4.05. The normalized spacial score (nSPS) is 11.2. The molecular weight excluding hydrogens is 204 g/mol. The summed E-state index contributed by atoms with van der Waals surface area (Å²) in [6, 6.07) is 9.88. The molecule has 1 aromatic carbocycles. The molecule has 0 aromatic heterocycles. The number of ether oxygens (including phenoxy) is 2. The third-order valence-corrected chi connectivity index (χ3v) is 2.13. The summed E-state index contributed by atoms with van der Waals surface area (Å²) in [5.41, 5.74) is 1.16. The summed E-state index contributed by atoms with van der Waals surface area (Å²) in [4.78, 5) is 10.9. The summed E-state index contributed by atoms with van der Waals surface area (Å²) in [6.07, 6.45) is 5.35. The summed E-state index contributed by atoms with van der Waals surface area (Å²) < 4.78 is 9.25. The van der Waals surface area contributed by atoms with E-state index in [1.807, 2.05) is 30.3 Å². The van der Waals surface area contributed by atoms with Crippen molar-refractivity contribution in [2.75, 3.05) is 7.11 Å². The molecule has 1 aromatic rings. The molecule has 1 atom stereocenters. The number of carbonyl (C=O) groups excluding carboxylic acids is 1. The highest BCUT2D eigenvalue weighted by Crippen LogP contribution is 2.07. The topological polar surface area (TPSA) is 35.5 Å². The lowest BCUT2D eigenvalue weighted by atomic mass is 10.1. The van der Waals surface area contributed by atoms with E-state index in [0.717, 1.165) is 12.0 Å². The zero-order valence-corrected chi connectivity index (χ0v) is 9.18. The first-order chi connectivity index (χ1) is 7.76. The highest BCUT2D eigenvalue weighted by Gasteiger charge is 2.11. The molecule has 0 unspecified atom stereocenters. The van der Waals surface area contributed by atoms with Crippen molar-refractivity contribution in [1.82, 2.24) is 0 Å². The highest BCUT2D eigenvalue weighted by atomic mass is 16.7. The fourth-order valence-electron chi connectivity index (χ4n) is 1.28. The van der Waals surface area contributed by atoms with E-state index in [1.54, 1.807) is 0 Å². The van der Waals surface area contributed by atoms with Gasteiger partial charge in [0.1, 0.15) is 0 Å². The lowest BCUT2D eigenvalue weighted by molar-refractivity contribution is 0.0530. The van der Waals surface area contributed by atoms with Crippen molar-refractivity contribution in [1.29, 1.82) is 0 Å². The molecule has 0 aliphatic heterocycles. The molecule has 84 valence electrons. The van der Waals surface area contributed by atoms with Gasteiger partial charge in [-0.3, -0.25) is 0 Å². The molecular formula is C13H14O3.